The summed E-state index contributed by atoms with van der Waals surface area (Å²) in [6.45, 7) is 8.93. The zero-order chi connectivity index (χ0) is 13.8. The molecule has 0 saturated carbocycles. The third-order valence-corrected chi connectivity index (χ3v) is 3.05. The Balaban J connectivity index is 2.48. The van der Waals surface area contributed by atoms with Crippen LogP contribution in [0.15, 0.2) is 12.1 Å². The van der Waals surface area contributed by atoms with E-state index in [-0.39, 0.29) is 11.2 Å². The monoisotopic (exact) mass is 248 g/mol. The van der Waals surface area contributed by atoms with Crippen molar-refractivity contribution in [3.05, 3.63) is 34.6 Å². The Morgan fingerprint density at radius 1 is 1.28 bits per heavy atom. The van der Waals surface area contributed by atoms with Gasteiger partial charge in [0, 0.05) is 6.54 Å². The third kappa shape index (κ3) is 4.12. The highest BCUT2D eigenvalue weighted by Crippen LogP contribution is 2.18. The third-order valence-electron chi connectivity index (χ3n) is 3.05. The lowest BCUT2D eigenvalue weighted by atomic mass is 9.91. The molecular weight excluding hydrogens is 227 g/mol. The summed E-state index contributed by atoms with van der Waals surface area (Å²) in [4.78, 5) is 0. The van der Waals surface area contributed by atoms with E-state index in [1.165, 1.54) is 0 Å². The van der Waals surface area contributed by atoms with Gasteiger partial charge in [-0.1, -0.05) is 12.1 Å². The van der Waals surface area contributed by atoms with Crippen molar-refractivity contribution in [2.24, 2.45) is 5.41 Å². The molecule has 0 aromatic heterocycles. The van der Waals surface area contributed by atoms with Gasteiger partial charge in [-0.3, -0.25) is 0 Å². The highest BCUT2D eigenvalue weighted by molar-refractivity contribution is 5.30. The molecule has 0 saturated heterocycles. The van der Waals surface area contributed by atoms with Crippen LogP contribution in [0, 0.1) is 36.4 Å². The number of nitrogens with one attached hydrogen (secondary N) is 1. The Kier molecular flexibility index (Phi) is 4.86. The molecule has 0 spiro atoms. The van der Waals surface area contributed by atoms with Gasteiger partial charge in [0.25, 0.3) is 0 Å². The first-order chi connectivity index (χ1) is 8.35. The molecule has 0 radical (unpaired) electrons. The van der Waals surface area contributed by atoms with Crippen molar-refractivity contribution in [2.45, 2.75) is 40.7 Å². The van der Waals surface area contributed by atoms with E-state index in [0.717, 1.165) is 18.5 Å². The van der Waals surface area contributed by atoms with Gasteiger partial charge in [0.1, 0.15) is 5.82 Å². The van der Waals surface area contributed by atoms with Crippen LogP contribution in [0.5, 0.6) is 0 Å². The largest absolute Gasteiger partial charge is 0.313 e. The van der Waals surface area contributed by atoms with E-state index >= 15 is 0 Å². The molecule has 98 valence electrons. The number of nitrogens with zero attached hydrogens (tertiary/aromatic N) is 1. The number of hydrogen-bond acceptors (Lipinski definition) is 2. The standard InChI is InChI=1S/C15H21FN2/c1-11-7-13(8-12(2)14(11)16)9-18-6-5-15(3,4)10-17/h7-8,18H,5-6,9H2,1-4H3. The second kappa shape index (κ2) is 5.97. The SMILES string of the molecule is Cc1cc(CNCCC(C)(C)C#N)cc(C)c1F. The zero-order valence-electron chi connectivity index (χ0n) is 11.6. The van der Waals surface area contributed by atoms with Crippen molar-refractivity contribution in [3.63, 3.8) is 0 Å². The van der Waals surface area contributed by atoms with E-state index in [1.54, 1.807) is 13.8 Å². The van der Waals surface area contributed by atoms with E-state index in [4.69, 9.17) is 5.26 Å². The minimum Gasteiger partial charge on any atom is -0.313 e. The van der Waals surface area contributed by atoms with Crippen molar-refractivity contribution in [1.82, 2.24) is 5.32 Å². The summed E-state index contributed by atoms with van der Waals surface area (Å²) in [6.07, 6.45) is 0.808. The number of aryl methyl sites for hydroxylation is 2. The van der Waals surface area contributed by atoms with Crippen molar-refractivity contribution < 1.29 is 4.39 Å². The molecule has 2 nitrogen and oxygen atoms in total. The van der Waals surface area contributed by atoms with Crippen LogP contribution < -0.4 is 5.32 Å². The van der Waals surface area contributed by atoms with Crippen LogP contribution in [-0.4, -0.2) is 6.54 Å². The zero-order valence-corrected chi connectivity index (χ0v) is 11.6. The van der Waals surface area contributed by atoms with Gasteiger partial charge in [-0.2, -0.15) is 5.26 Å². The van der Waals surface area contributed by atoms with Crippen LogP contribution in [0.2, 0.25) is 0 Å². The number of rotatable bonds is 5. The van der Waals surface area contributed by atoms with E-state index in [0.29, 0.717) is 17.7 Å². The summed E-state index contributed by atoms with van der Waals surface area (Å²) in [7, 11) is 0. The van der Waals surface area contributed by atoms with Crippen LogP contribution in [0.1, 0.15) is 37.0 Å². The lowest BCUT2D eigenvalue weighted by Crippen LogP contribution is -2.21. The molecule has 1 aromatic rings. The smallest absolute Gasteiger partial charge is 0.129 e. The van der Waals surface area contributed by atoms with Crippen LogP contribution in [-0.2, 0) is 6.54 Å². The first-order valence-corrected chi connectivity index (χ1v) is 6.23. The van der Waals surface area contributed by atoms with Gasteiger partial charge in [-0.25, -0.2) is 4.39 Å². The maximum Gasteiger partial charge on any atom is 0.129 e. The van der Waals surface area contributed by atoms with Gasteiger partial charge in [0.2, 0.25) is 0 Å². The first kappa shape index (κ1) is 14.7. The van der Waals surface area contributed by atoms with Crippen LogP contribution in [0.3, 0.4) is 0 Å². The molecule has 0 aliphatic heterocycles. The van der Waals surface area contributed by atoms with Crippen molar-refractivity contribution in [1.29, 1.82) is 5.26 Å². The van der Waals surface area contributed by atoms with E-state index < -0.39 is 0 Å². The molecule has 0 bridgehead atoms. The number of halogens is 1. The average Bonchev–Trinajstić information content (AvgIpc) is 2.31. The highest BCUT2D eigenvalue weighted by atomic mass is 19.1. The summed E-state index contributed by atoms with van der Waals surface area (Å²) in [6, 6.07) is 6.01. The molecule has 0 aliphatic rings. The molecule has 0 heterocycles. The Morgan fingerprint density at radius 3 is 2.33 bits per heavy atom. The molecule has 18 heavy (non-hydrogen) atoms. The summed E-state index contributed by atoms with van der Waals surface area (Å²) in [5.74, 6) is -0.121. The quantitative estimate of drug-likeness (QED) is 0.810. The van der Waals surface area contributed by atoms with Gasteiger partial charge in [-0.15, -0.1) is 0 Å². The molecule has 1 aromatic carbocycles. The van der Waals surface area contributed by atoms with Gasteiger partial charge < -0.3 is 5.32 Å². The van der Waals surface area contributed by atoms with E-state index in [9.17, 15) is 4.39 Å². The van der Waals surface area contributed by atoms with E-state index in [1.807, 2.05) is 26.0 Å². The Morgan fingerprint density at radius 2 is 1.83 bits per heavy atom. The van der Waals surface area contributed by atoms with Crippen LogP contribution >= 0.6 is 0 Å². The summed E-state index contributed by atoms with van der Waals surface area (Å²) < 4.78 is 13.4. The maximum absolute atomic E-state index is 13.4. The molecular formula is C15H21FN2. The molecule has 0 fully saturated rings. The summed E-state index contributed by atoms with van der Waals surface area (Å²) in [5, 5.41) is 12.2. The minimum absolute atomic E-state index is 0.121. The van der Waals surface area contributed by atoms with Gasteiger partial charge in [-0.05, 0) is 57.4 Å². The Bertz CT molecular complexity index is 435. The minimum atomic E-state index is -0.290. The fraction of sp³-hybridized carbons (Fsp3) is 0.533. The number of hydrogen-bond donors (Lipinski definition) is 1. The lowest BCUT2D eigenvalue weighted by molar-refractivity contribution is 0.432. The summed E-state index contributed by atoms with van der Waals surface area (Å²) >= 11 is 0. The highest BCUT2D eigenvalue weighted by Gasteiger charge is 2.15. The van der Waals surface area contributed by atoms with Crippen LogP contribution in [0.25, 0.3) is 0 Å². The van der Waals surface area contributed by atoms with Gasteiger partial charge in [0.15, 0.2) is 0 Å². The normalized spacial score (nSPS) is 11.3. The molecule has 3 heteroatoms. The molecule has 1 N–H and O–H groups in total. The predicted octanol–water partition coefficient (Wildman–Crippen LogP) is 3.47. The molecule has 0 aliphatic carbocycles. The van der Waals surface area contributed by atoms with Crippen molar-refractivity contribution >= 4 is 0 Å². The molecule has 0 unspecified atom stereocenters. The van der Waals surface area contributed by atoms with Crippen LogP contribution in [0.4, 0.5) is 4.39 Å². The fourth-order valence-corrected chi connectivity index (χ4v) is 1.83. The fourth-order valence-electron chi connectivity index (χ4n) is 1.83. The van der Waals surface area contributed by atoms with Gasteiger partial charge >= 0.3 is 0 Å². The van der Waals surface area contributed by atoms with E-state index in [2.05, 4.69) is 11.4 Å². The predicted molar refractivity (Wildman–Crippen MR) is 71.6 cm³/mol. The number of nitriles is 1. The summed E-state index contributed by atoms with van der Waals surface area (Å²) in [5.41, 5.74) is 2.16. The molecule has 0 atom stereocenters. The van der Waals surface area contributed by atoms with Crippen molar-refractivity contribution in [2.75, 3.05) is 6.54 Å². The molecule has 1 rings (SSSR count). The Labute approximate surface area is 109 Å². The second-order valence-corrected chi connectivity index (χ2v) is 5.47. The second-order valence-electron chi connectivity index (χ2n) is 5.47. The van der Waals surface area contributed by atoms with Gasteiger partial charge in [0.05, 0.1) is 11.5 Å². The number of benzene rings is 1. The first-order valence-electron chi connectivity index (χ1n) is 6.23. The maximum atomic E-state index is 13.4. The lowest BCUT2D eigenvalue weighted by Gasteiger charge is -2.15. The Hall–Kier alpha value is -1.40. The topological polar surface area (TPSA) is 35.8 Å². The average molecular weight is 248 g/mol. The van der Waals surface area contributed by atoms with Crippen molar-refractivity contribution in [3.8, 4) is 6.07 Å². The molecule has 0 amide bonds.